The van der Waals surface area contributed by atoms with Crippen LogP contribution < -0.4 is 10.6 Å². The van der Waals surface area contributed by atoms with Gasteiger partial charge < -0.3 is 10.6 Å². The standard InChI is InChI=1S/C14H21N5/c1-11-3-8-19-12(9-11)17-13(18-19)16-10-14(2)4-6-15-7-5-14/h3,8-9,15H,4-7,10H2,1-2H3,(H,16,18). The highest BCUT2D eigenvalue weighted by Gasteiger charge is 2.26. The van der Waals surface area contributed by atoms with Crippen molar-refractivity contribution in [2.75, 3.05) is 25.0 Å². The van der Waals surface area contributed by atoms with Crippen LogP contribution in [0.2, 0.25) is 0 Å². The van der Waals surface area contributed by atoms with Gasteiger partial charge >= 0.3 is 0 Å². The summed E-state index contributed by atoms with van der Waals surface area (Å²) in [7, 11) is 0. The van der Waals surface area contributed by atoms with Crippen LogP contribution in [0.25, 0.3) is 5.65 Å². The molecule has 3 rings (SSSR count). The van der Waals surface area contributed by atoms with E-state index in [-0.39, 0.29) is 0 Å². The Morgan fingerprint density at radius 2 is 2.21 bits per heavy atom. The highest BCUT2D eigenvalue weighted by Crippen LogP contribution is 2.27. The van der Waals surface area contributed by atoms with Crippen LogP contribution in [0.5, 0.6) is 0 Å². The van der Waals surface area contributed by atoms with Gasteiger partial charge in [0.2, 0.25) is 5.95 Å². The van der Waals surface area contributed by atoms with Crippen molar-refractivity contribution in [3.05, 3.63) is 23.9 Å². The molecule has 2 N–H and O–H groups in total. The summed E-state index contributed by atoms with van der Waals surface area (Å²) in [4.78, 5) is 4.51. The van der Waals surface area contributed by atoms with Crippen molar-refractivity contribution in [1.82, 2.24) is 19.9 Å². The second kappa shape index (κ2) is 4.81. The number of nitrogens with one attached hydrogen (secondary N) is 2. The predicted molar refractivity (Wildman–Crippen MR) is 76.4 cm³/mol. The van der Waals surface area contributed by atoms with Gasteiger partial charge in [-0.05, 0) is 56.0 Å². The number of aromatic nitrogens is 3. The average Bonchev–Trinajstić information content (AvgIpc) is 2.79. The van der Waals surface area contributed by atoms with Crippen LogP contribution in [0.15, 0.2) is 18.3 Å². The van der Waals surface area contributed by atoms with Gasteiger partial charge in [-0.15, -0.1) is 5.10 Å². The van der Waals surface area contributed by atoms with E-state index in [0.717, 1.165) is 31.2 Å². The first-order valence-corrected chi connectivity index (χ1v) is 6.92. The normalized spacial score (nSPS) is 18.6. The smallest absolute Gasteiger partial charge is 0.243 e. The third-order valence-electron chi connectivity index (χ3n) is 3.98. The molecule has 1 aliphatic heterocycles. The molecular weight excluding hydrogens is 238 g/mol. The molecule has 5 heteroatoms. The number of nitrogens with zero attached hydrogens (tertiary/aromatic N) is 3. The first-order valence-electron chi connectivity index (χ1n) is 6.92. The lowest BCUT2D eigenvalue weighted by atomic mass is 9.81. The zero-order valence-corrected chi connectivity index (χ0v) is 11.6. The zero-order chi connectivity index (χ0) is 13.3. The van der Waals surface area contributed by atoms with Crippen molar-refractivity contribution < 1.29 is 0 Å². The molecule has 5 nitrogen and oxygen atoms in total. The van der Waals surface area contributed by atoms with E-state index in [4.69, 9.17) is 0 Å². The second-order valence-electron chi connectivity index (χ2n) is 5.86. The topological polar surface area (TPSA) is 54.2 Å². The molecule has 1 aliphatic rings. The summed E-state index contributed by atoms with van der Waals surface area (Å²) >= 11 is 0. The Labute approximate surface area is 113 Å². The average molecular weight is 259 g/mol. The van der Waals surface area contributed by atoms with E-state index in [9.17, 15) is 0 Å². The van der Waals surface area contributed by atoms with Gasteiger partial charge in [0.25, 0.3) is 0 Å². The zero-order valence-electron chi connectivity index (χ0n) is 11.6. The number of pyridine rings is 1. The van der Waals surface area contributed by atoms with Gasteiger partial charge in [-0.25, -0.2) is 4.52 Å². The Balaban J connectivity index is 1.71. The molecule has 102 valence electrons. The van der Waals surface area contributed by atoms with Crippen molar-refractivity contribution in [2.45, 2.75) is 26.7 Å². The molecule has 1 fully saturated rings. The molecule has 0 spiro atoms. The van der Waals surface area contributed by atoms with E-state index in [2.05, 4.69) is 34.6 Å². The van der Waals surface area contributed by atoms with Crippen LogP contribution in [-0.4, -0.2) is 34.2 Å². The first-order chi connectivity index (χ1) is 9.15. The molecule has 2 aromatic rings. The van der Waals surface area contributed by atoms with E-state index >= 15 is 0 Å². The molecule has 19 heavy (non-hydrogen) atoms. The highest BCUT2D eigenvalue weighted by atomic mass is 15.3. The summed E-state index contributed by atoms with van der Waals surface area (Å²) in [6, 6.07) is 4.09. The first kappa shape index (κ1) is 12.4. The Hall–Kier alpha value is -1.62. The molecule has 3 heterocycles. The SMILES string of the molecule is Cc1ccn2nc(NCC3(C)CCNCC3)nc2c1. The maximum atomic E-state index is 4.51. The molecule has 0 aromatic carbocycles. The van der Waals surface area contributed by atoms with Gasteiger partial charge in [0, 0.05) is 12.7 Å². The van der Waals surface area contributed by atoms with E-state index in [1.807, 2.05) is 22.8 Å². The number of fused-ring (bicyclic) bond motifs is 1. The monoisotopic (exact) mass is 259 g/mol. The molecule has 0 radical (unpaired) electrons. The van der Waals surface area contributed by atoms with Crippen LogP contribution >= 0.6 is 0 Å². The Kier molecular flexibility index (Phi) is 3.14. The minimum absolute atomic E-state index is 0.346. The quantitative estimate of drug-likeness (QED) is 0.883. The van der Waals surface area contributed by atoms with Crippen LogP contribution in [0.1, 0.15) is 25.3 Å². The Morgan fingerprint density at radius 3 is 3.00 bits per heavy atom. The molecule has 0 bridgehead atoms. The number of hydrogen-bond acceptors (Lipinski definition) is 4. The van der Waals surface area contributed by atoms with Gasteiger partial charge in [-0.3, -0.25) is 0 Å². The Bertz CT molecular complexity index is 568. The fourth-order valence-electron chi connectivity index (χ4n) is 2.56. The number of anilines is 1. The molecule has 0 unspecified atom stereocenters. The lowest BCUT2D eigenvalue weighted by Gasteiger charge is -2.33. The predicted octanol–water partition coefficient (Wildman–Crippen LogP) is 1.84. The third kappa shape index (κ3) is 2.71. The number of hydrogen-bond donors (Lipinski definition) is 2. The second-order valence-corrected chi connectivity index (χ2v) is 5.86. The van der Waals surface area contributed by atoms with Crippen LogP contribution in [0.4, 0.5) is 5.95 Å². The fraction of sp³-hybridized carbons (Fsp3) is 0.571. The van der Waals surface area contributed by atoms with Crippen LogP contribution in [-0.2, 0) is 0 Å². The number of rotatable bonds is 3. The molecule has 0 atom stereocenters. The number of piperidine rings is 1. The summed E-state index contributed by atoms with van der Waals surface area (Å²) in [6.07, 6.45) is 4.36. The summed E-state index contributed by atoms with van der Waals surface area (Å²) in [5.74, 6) is 0.727. The van der Waals surface area contributed by atoms with Crippen LogP contribution in [0.3, 0.4) is 0 Å². The van der Waals surface area contributed by atoms with Crippen LogP contribution in [0, 0.1) is 12.3 Å². The van der Waals surface area contributed by atoms with Crippen molar-refractivity contribution in [1.29, 1.82) is 0 Å². The molecule has 1 saturated heterocycles. The van der Waals surface area contributed by atoms with Crippen molar-refractivity contribution >= 4 is 11.6 Å². The van der Waals surface area contributed by atoms with Gasteiger partial charge in [0.15, 0.2) is 5.65 Å². The molecule has 0 amide bonds. The highest BCUT2D eigenvalue weighted by molar-refractivity contribution is 5.45. The third-order valence-corrected chi connectivity index (χ3v) is 3.98. The Morgan fingerprint density at radius 1 is 1.42 bits per heavy atom. The molecule has 0 aliphatic carbocycles. The van der Waals surface area contributed by atoms with E-state index < -0.39 is 0 Å². The summed E-state index contributed by atoms with van der Waals surface area (Å²) in [5.41, 5.74) is 2.45. The fourth-order valence-corrected chi connectivity index (χ4v) is 2.56. The molecule has 0 saturated carbocycles. The summed E-state index contributed by atoms with van der Waals surface area (Å²) in [6.45, 7) is 7.55. The lowest BCUT2D eigenvalue weighted by Crippen LogP contribution is -2.39. The van der Waals surface area contributed by atoms with Gasteiger partial charge in [-0.2, -0.15) is 4.98 Å². The van der Waals surface area contributed by atoms with E-state index in [0.29, 0.717) is 5.41 Å². The molecular formula is C14H21N5. The maximum absolute atomic E-state index is 4.51. The van der Waals surface area contributed by atoms with E-state index in [1.165, 1.54) is 18.4 Å². The van der Waals surface area contributed by atoms with Gasteiger partial charge in [0.1, 0.15) is 0 Å². The van der Waals surface area contributed by atoms with Crippen molar-refractivity contribution in [3.8, 4) is 0 Å². The van der Waals surface area contributed by atoms with Crippen molar-refractivity contribution in [2.24, 2.45) is 5.41 Å². The van der Waals surface area contributed by atoms with Gasteiger partial charge in [-0.1, -0.05) is 6.92 Å². The largest absolute Gasteiger partial charge is 0.352 e. The number of aryl methyl sites for hydroxylation is 1. The molecule has 2 aromatic heterocycles. The minimum atomic E-state index is 0.346. The van der Waals surface area contributed by atoms with Crippen molar-refractivity contribution in [3.63, 3.8) is 0 Å². The maximum Gasteiger partial charge on any atom is 0.243 e. The van der Waals surface area contributed by atoms with Gasteiger partial charge in [0.05, 0.1) is 0 Å². The summed E-state index contributed by atoms with van der Waals surface area (Å²) in [5, 5.41) is 11.2. The lowest BCUT2D eigenvalue weighted by molar-refractivity contribution is 0.247. The minimum Gasteiger partial charge on any atom is -0.352 e. The summed E-state index contributed by atoms with van der Waals surface area (Å²) < 4.78 is 1.82. The van der Waals surface area contributed by atoms with E-state index in [1.54, 1.807) is 0 Å².